The average Bonchev–Trinajstić information content (AvgIpc) is 2.47. The summed E-state index contributed by atoms with van der Waals surface area (Å²) < 4.78 is 0. The van der Waals surface area contributed by atoms with E-state index in [0.717, 1.165) is 32.1 Å². The minimum atomic E-state index is -0.363. The number of carbonyl (C=O) groups is 2. The zero-order chi connectivity index (χ0) is 14.5. The molecular weight excluding hydrogens is 256 g/mol. The lowest BCUT2D eigenvalue weighted by molar-refractivity contribution is -0.155. The topological polar surface area (TPSA) is 60.9 Å². The number of aliphatic hydroxyl groups excluding tert-OH is 1. The number of nitrogens with zero attached hydrogens (tertiary/aromatic N) is 2. The predicted octanol–water partition coefficient (Wildman–Crippen LogP) is 1.01. The van der Waals surface area contributed by atoms with Crippen LogP contribution in [0.2, 0.25) is 0 Å². The van der Waals surface area contributed by atoms with Crippen molar-refractivity contribution in [1.82, 2.24) is 9.80 Å². The first-order valence-electron chi connectivity index (χ1n) is 7.84. The third-order valence-corrected chi connectivity index (χ3v) is 4.60. The fourth-order valence-corrected chi connectivity index (χ4v) is 3.19. The van der Waals surface area contributed by atoms with Gasteiger partial charge < -0.3 is 14.9 Å². The Balaban J connectivity index is 1.96. The van der Waals surface area contributed by atoms with E-state index in [1.807, 2.05) is 0 Å². The summed E-state index contributed by atoms with van der Waals surface area (Å²) in [6.07, 6.45) is 5.48. The SMILES string of the molecule is CC1CCN(C(=O)C(=O)N2CCCCC2CCO)CC1. The number of piperidine rings is 2. The van der Waals surface area contributed by atoms with Gasteiger partial charge >= 0.3 is 11.8 Å². The number of carbonyl (C=O) groups excluding carboxylic acids is 2. The van der Waals surface area contributed by atoms with E-state index in [4.69, 9.17) is 5.11 Å². The Bertz CT molecular complexity index is 349. The molecule has 1 N–H and O–H groups in total. The van der Waals surface area contributed by atoms with Crippen molar-refractivity contribution >= 4 is 11.8 Å². The molecule has 114 valence electrons. The normalized spacial score (nSPS) is 24.8. The van der Waals surface area contributed by atoms with Gasteiger partial charge in [0.25, 0.3) is 0 Å². The zero-order valence-electron chi connectivity index (χ0n) is 12.4. The van der Waals surface area contributed by atoms with Crippen LogP contribution in [0, 0.1) is 5.92 Å². The van der Waals surface area contributed by atoms with Gasteiger partial charge in [-0.15, -0.1) is 0 Å². The molecule has 0 radical (unpaired) electrons. The Kier molecular flexibility index (Phi) is 5.40. The van der Waals surface area contributed by atoms with E-state index in [0.29, 0.717) is 32.0 Å². The lowest BCUT2D eigenvalue weighted by Gasteiger charge is -2.37. The molecule has 0 spiro atoms. The van der Waals surface area contributed by atoms with Gasteiger partial charge in [-0.3, -0.25) is 9.59 Å². The van der Waals surface area contributed by atoms with Crippen LogP contribution < -0.4 is 0 Å². The van der Waals surface area contributed by atoms with Gasteiger partial charge in [-0.25, -0.2) is 0 Å². The Morgan fingerprint density at radius 2 is 1.75 bits per heavy atom. The highest BCUT2D eigenvalue weighted by Crippen LogP contribution is 2.21. The van der Waals surface area contributed by atoms with Crippen LogP contribution in [0.15, 0.2) is 0 Å². The minimum Gasteiger partial charge on any atom is -0.396 e. The van der Waals surface area contributed by atoms with Crippen molar-refractivity contribution in [1.29, 1.82) is 0 Å². The summed E-state index contributed by atoms with van der Waals surface area (Å²) in [6, 6.07) is 0.0360. The summed E-state index contributed by atoms with van der Waals surface area (Å²) >= 11 is 0. The fourth-order valence-electron chi connectivity index (χ4n) is 3.19. The highest BCUT2D eigenvalue weighted by atomic mass is 16.3. The number of hydrogen-bond acceptors (Lipinski definition) is 3. The van der Waals surface area contributed by atoms with Crippen molar-refractivity contribution < 1.29 is 14.7 Å². The molecule has 2 saturated heterocycles. The van der Waals surface area contributed by atoms with Crippen molar-refractivity contribution in [3.05, 3.63) is 0 Å². The van der Waals surface area contributed by atoms with Crippen LogP contribution in [0.25, 0.3) is 0 Å². The van der Waals surface area contributed by atoms with Crippen LogP contribution in [0.5, 0.6) is 0 Å². The van der Waals surface area contributed by atoms with Crippen LogP contribution in [-0.4, -0.2) is 59.0 Å². The molecule has 0 aromatic carbocycles. The predicted molar refractivity (Wildman–Crippen MR) is 76.0 cm³/mol. The molecular formula is C15H26N2O3. The molecule has 2 aliphatic heterocycles. The van der Waals surface area contributed by atoms with E-state index >= 15 is 0 Å². The van der Waals surface area contributed by atoms with Gasteiger partial charge in [-0.2, -0.15) is 0 Å². The quantitative estimate of drug-likeness (QED) is 0.769. The maximum absolute atomic E-state index is 12.4. The third-order valence-electron chi connectivity index (χ3n) is 4.60. The van der Waals surface area contributed by atoms with Gasteiger partial charge in [0.1, 0.15) is 0 Å². The molecule has 20 heavy (non-hydrogen) atoms. The summed E-state index contributed by atoms with van der Waals surface area (Å²) in [6.45, 7) is 4.31. The van der Waals surface area contributed by atoms with E-state index < -0.39 is 0 Å². The Morgan fingerprint density at radius 3 is 2.40 bits per heavy atom. The van der Waals surface area contributed by atoms with Gasteiger partial charge in [-0.05, 0) is 44.4 Å². The molecule has 1 atom stereocenters. The summed E-state index contributed by atoms with van der Waals surface area (Å²) in [4.78, 5) is 28.1. The molecule has 0 saturated carbocycles. The molecule has 5 nitrogen and oxygen atoms in total. The molecule has 2 heterocycles. The molecule has 2 fully saturated rings. The number of amides is 2. The second-order valence-electron chi connectivity index (χ2n) is 6.14. The Morgan fingerprint density at radius 1 is 1.05 bits per heavy atom. The minimum absolute atomic E-state index is 0.0360. The van der Waals surface area contributed by atoms with E-state index in [2.05, 4.69) is 6.92 Å². The molecule has 2 aliphatic rings. The third kappa shape index (κ3) is 3.51. The van der Waals surface area contributed by atoms with E-state index in [1.54, 1.807) is 9.80 Å². The molecule has 5 heteroatoms. The van der Waals surface area contributed by atoms with Crippen molar-refractivity contribution in [3.63, 3.8) is 0 Å². The van der Waals surface area contributed by atoms with Crippen molar-refractivity contribution in [2.24, 2.45) is 5.92 Å². The van der Waals surface area contributed by atoms with Gasteiger partial charge in [0.2, 0.25) is 0 Å². The summed E-state index contributed by atoms with van der Waals surface area (Å²) in [5, 5.41) is 9.10. The molecule has 1 unspecified atom stereocenters. The molecule has 0 aromatic heterocycles. The lowest BCUT2D eigenvalue weighted by Crippen LogP contribution is -2.52. The number of hydrogen-bond donors (Lipinski definition) is 1. The maximum Gasteiger partial charge on any atom is 0.312 e. The highest BCUT2D eigenvalue weighted by molar-refractivity contribution is 6.35. The molecule has 2 amide bonds. The summed E-state index contributed by atoms with van der Waals surface area (Å²) in [5.41, 5.74) is 0. The molecule has 0 aliphatic carbocycles. The van der Waals surface area contributed by atoms with Crippen LogP contribution >= 0.6 is 0 Å². The van der Waals surface area contributed by atoms with E-state index in [9.17, 15) is 9.59 Å². The summed E-state index contributed by atoms with van der Waals surface area (Å²) in [5.74, 6) is -0.0641. The number of rotatable bonds is 2. The first-order valence-corrected chi connectivity index (χ1v) is 7.84. The van der Waals surface area contributed by atoms with Crippen molar-refractivity contribution in [3.8, 4) is 0 Å². The lowest BCUT2D eigenvalue weighted by atomic mass is 9.98. The van der Waals surface area contributed by atoms with Gasteiger partial charge in [-0.1, -0.05) is 6.92 Å². The first kappa shape index (κ1) is 15.3. The maximum atomic E-state index is 12.4. The van der Waals surface area contributed by atoms with Gasteiger partial charge in [0, 0.05) is 32.3 Å². The van der Waals surface area contributed by atoms with Crippen molar-refractivity contribution in [2.75, 3.05) is 26.2 Å². The van der Waals surface area contributed by atoms with Crippen molar-refractivity contribution in [2.45, 2.75) is 51.5 Å². The smallest absolute Gasteiger partial charge is 0.312 e. The molecule has 0 bridgehead atoms. The monoisotopic (exact) mass is 282 g/mol. The summed E-state index contributed by atoms with van der Waals surface area (Å²) in [7, 11) is 0. The second-order valence-corrected chi connectivity index (χ2v) is 6.14. The first-order chi connectivity index (χ1) is 9.63. The number of likely N-dealkylation sites (tertiary alicyclic amines) is 2. The molecule has 2 rings (SSSR count). The standard InChI is InChI=1S/C15H26N2O3/c1-12-5-9-16(10-6-12)14(19)15(20)17-8-3-2-4-13(17)7-11-18/h12-13,18H,2-11H2,1H3. The Hall–Kier alpha value is -1.10. The van der Waals surface area contributed by atoms with Gasteiger partial charge in [0.15, 0.2) is 0 Å². The number of aliphatic hydroxyl groups is 1. The van der Waals surface area contributed by atoms with Gasteiger partial charge in [0.05, 0.1) is 0 Å². The van der Waals surface area contributed by atoms with Crippen LogP contribution in [0.3, 0.4) is 0 Å². The van der Waals surface area contributed by atoms with E-state index in [-0.39, 0.29) is 24.5 Å². The zero-order valence-corrected chi connectivity index (χ0v) is 12.4. The van der Waals surface area contributed by atoms with E-state index in [1.165, 1.54) is 0 Å². The highest BCUT2D eigenvalue weighted by Gasteiger charge is 2.33. The molecule has 0 aromatic rings. The largest absolute Gasteiger partial charge is 0.396 e. The fraction of sp³-hybridized carbons (Fsp3) is 0.867. The van der Waals surface area contributed by atoms with Crippen LogP contribution in [0.4, 0.5) is 0 Å². The second kappa shape index (κ2) is 7.07. The average molecular weight is 282 g/mol. The Labute approximate surface area is 120 Å². The van der Waals surface area contributed by atoms with Crippen LogP contribution in [0.1, 0.15) is 45.4 Å². The van der Waals surface area contributed by atoms with Crippen LogP contribution in [-0.2, 0) is 9.59 Å².